The predicted molar refractivity (Wildman–Crippen MR) is 71.6 cm³/mol. The van der Waals surface area contributed by atoms with E-state index in [2.05, 4.69) is 0 Å². The van der Waals surface area contributed by atoms with Crippen LogP contribution >= 0.6 is 0 Å². The topological polar surface area (TPSA) is 55.6 Å². The minimum absolute atomic E-state index is 0.155. The summed E-state index contributed by atoms with van der Waals surface area (Å²) in [4.78, 5) is 13.3. The molecule has 0 saturated carbocycles. The number of carbonyl (C=O) groups excluding carboxylic acids is 1. The second-order valence-corrected chi connectivity index (χ2v) is 4.81. The molecule has 2 N–H and O–H groups in total. The molecule has 0 radical (unpaired) electrons. The molecule has 18 heavy (non-hydrogen) atoms. The third-order valence-electron chi connectivity index (χ3n) is 3.60. The molecule has 0 spiro atoms. The third kappa shape index (κ3) is 2.58. The Morgan fingerprint density at radius 2 is 2.28 bits per heavy atom. The molecule has 0 aliphatic carbocycles. The molecule has 1 saturated heterocycles. The van der Waals surface area contributed by atoms with Gasteiger partial charge < -0.3 is 15.4 Å². The predicted octanol–water partition coefficient (Wildman–Crippen LogP) is 2.00. The number of piperidine rings is 1. The lowest BCUT2D eigenvalue weighted by atomic mass is 9.90. The van der Waals surface area contributed by atoms with E-state index in [1.165, 1.54) is 5.56 Å². The molecule has 1 aromatic carbocycles. The van der Waals surface area contributed by atoms with Gasteiger partial charge in [-0.05, 0) is 30.5 Å². The Labute approximate surface area is 108 Å². The van der Waals surface area contributed by atoms with Crippen molar-refractivity contribution in [2.75, 3.05) is 25.9 Å². The summed E-state index contributed by atoms with van der Waals surface area (Å²) in [6.45, 7) is 3.30. The van der Waals surface area contributed by atoms with Gasteiger partial charge in [-0.15, -0.1) is 0 Å². The van der Waals surface area contributed by atoms with Crippen LogP contribution in [0.25, 0.3) is 0 Å². The van der Waals surface area contributed by atoms with Crippen molar-refractivity contribution in [1.82, 2.24) is 4.90 Å². The van der Waals surface area contributed by atoms with Crippen molar-refractivity contribution >= 4 is 11.6 Å². The van der Waals surface area contributed by atoms with Gasteiger partial charge in [-0.25, -0.2) is 0 Å². The second-order valence-electron chi connectivity index (χ2n) is 4.81. The molecular weight excluding hydrogens is 228 g/mol. The summed E-state index contributed by atoms with van der Waals surface area (Å²) < 4.78 is 5.25. The van der Waals surface area contributed by atoms with Gasteiger partial charge in [0.25, 0.3) is 0 Å². The number of benzene rings is 1. The first-order valence-electron chi connectivity index (χ1n) is 6.30. The fraction of sp³-hybridized carbons (Fsp3) is 0.500. The van der Waals surface area contributed by atoms with Crippen molar-refractivity contribution < 1.29 is 9.53 Å². The number of ether oxygens (including phenoxy) is 1. The second kappa shape index (κ2) is 5.29. The summed E-state index contributed by atoms with van der Waals surface area (Å²) in [5, 5.41) is 0. The molecule has 98 valence electrons. The lowest BCUT2D eigenvalue weighted by Crippen LogP contribution is -2.37. The number of nitrogens with two attached hydrogens (primary N) is 1. The Morgan fingerprint density at radius 1 is 1.50 bits per heavy atom. The molecule has 0 bridgehead atoms. The number of nitrogen functional groups attached to an aromatic ring is 1. The summed E-state index contributed by atoms with van der Waals surface area (Å²) in [6.07, 6.45) is 2.16. The minimum Gasteiger partial charge on any atom is -0.495 e. The van der Waals surface area contributed by atoms with Crippen LogP contribution in [0.2, 0.25) is 0 Å². The van der Waals surface area contributed by atoms with Crippen LogP contribution in [0.3, 0.4) is 0 Å². The first kappa shape index (κ1) is 12.7. The van der Waals surface area contributed by atoms with E-state index >= 15 is 0 Å². The molecule has 1 amide bonds. The molecule has 1 aliphatic heterocycles. The lowest BCUT2D eigenvalue weighted by molar-refractivity contribution is -0.130. The molecule has 4 heteroatoms. The Hall–Kier alpha value is -1.71. The SMILES string of the molecule is COc1cc(C2CCCN(C(C)=O)C2)ccc1N. The summed E-state index contributed by atoms with van der Waals surface area (Å²) >= 11 is 0. The number of hydrogen-bond donors (Lipinski definition) is 1. The van der Waals surface area contributed by atoms with Gasteiger partial charge in [0.15, 0.2) is 0 Å². The van der Waals surface area contributed by atoms with Crippen LogP contribution in [0.15, 0.2) is 18.2 Å². The van der Waals surface area contributed by atoms with Gasteiger partial charge in [0.2, 0.25) is 5.91 Å². The number of nitrogens with zero attached hydrogens (tertiary/aromatic N) is 1. The van der Waals surface area contributed by atoms with Gasteiger partial charge in [-0.1, -0.05) is 6.07 Å². The van der Waals surface area contributed by atoms with Crippen LogP contribution in [-0.2, 0) is 4.79 Å². The summed E-state index contributed by atoms with van der Waals surface area (Å²) in [7, 11) is 1.62. The van der Waals surface area contributed by atoms with Crippen molar-refractivity contribution in [2.24, 2.45) is 0 Å². The normalized spacial score (nSPS) is 19.7. The third-order valence-corrected chi connectivity index (χ3v) is 3.60. The zero-order valence-electron chi connectivity index (χ0n) is 11.0. The number of hydrogen-bond acceptors (Lipinski definition) is 3. The maximum atomic E-state index is 11.4. The maximum absolute atomic E-state index is 11.4. The number of rotatable bonds is 2. The zero-order chi connectivity index (χ0) is 13.1. The smallest absolute Gasteiger partial charge is 0.219 e. The molecule has 1 unspecified atom stereocenters. The largest absolute Gasteiger partial charge is 0.495 e. The van der Waals surface area contributed by atoms with Crippen molar-refractivity contribution in [3.8, 4) is 5.75 Å². The minimum atomic E-state index is 0.155. The quantitative estimate of drug-likeness (QED) is 0.814. The molecule has 1 atom stereocenters. The fourth-order valence-corrected chi connectivity index (χ4v) is 2.52. The van der Waals surface area contributed by atoms with E-state index in [9.17, 15) is 4.79 Å². The summed E-state index contributed by atoms with van der Waals surface area (Å²) in [6, 6.07) is 5.90. The van der Waals surface area contributed by atoms with E-state index in [-0.39, 0.29) is 5.91 Å². The first-order valence-corrected chi connectivity index (χ1v) is 6.30. The van der Waals surface area contributed by atoms with Gasteiger partial charge in [0.05, 0.1) is 12.8 Å². The van der Waals surface area contributed by atoms with Gasteiger partial charge in [-0.2, -0.15) is 0 Å². The van der Waals surface area contributed by atoms with Gasteiger partial charge in [0.1, 0.15) is 5.75 Å². The summed E-state index contributed by atoms with van der Waals surface area (Å²) in [5.41, 5.74) is 7.67. The maximum Gasteiger partial charge on any atom is 0.219 e. The highest BCUT2D eigenvalue weighted by Crippen LogP contribution is 2.31. The molecule has 1 aliphatic rings. The van der Waals surface area contributed by atoms with E-state index in [1.54, 1.807) is 14.0 Å². The lowest BCUT2D eigenvalue weighted by Gasteiger charge is -2.32. The van der Waals surface area contributed by atoms with Crippen LogP contribution in [0, 0.1) is 0 Å². The highest BCUT2D eigenvalue weighted by Gasteiger charge is 2.23. The molecule has 2 rings (SSSR count). The standard InChI is InChI=1S/C14H20N2O2/c1-10(17)16-7-3-4-12(9-16)11-5-6-13(15)14(8-11)18-2/h5-6,8,12H,3-4,7,9,15H2,1-2H3. The summed E-state index contributed by atoms with van der Waals surface area (Å²) in [5.74, 6) is 1.26. The average Bonchev–Trinajstić information content (AvgIpc) is 2.39. The van der Waals surface area contributed by atoms with Gasteiger partial charge in [0, 0.05) is 25.9 Å². The van der Waals surface area contributed by atoms with Crippen LogP contribution in [-0.4, -0.2) is 31.0 Å². The number of carbonyl (C=O) groups is 1. The molecule has 1 aromatic rings. The highest BCUT2D eigenvalue weighted by molar-refractivity contribution is 5.73. The Morgan fingerprint density at radius 3 is 2.94 bits per heavy atom. The van der Waals surface area contributed by atoms with E-state index in [0.717, 1.165) is 25.9 Å². The molecule has 0 aromatic heterocycles. The van der Waals surface area contributed by atoms with Crippen molar-refractivity contribution in [3.63, 3.8) is 0 Å². The van der Waals surface area contributed by atoms with Gasteiger partial charge in [-0.3, -0.25) is 4.79 Å². The molecular formula is C14H20N2O2. The van der Waals surface area contributed by atoms with Crippen molar-refractivity contribution in [3.05, 3.63) is 23.8 Å². The molecule has 4 nitrogen and oxygen atoms in total. The van der Waals surface area contributed by atoms with Crippen molar-refractivity contribution in [2.45, 2.75) is 25.7 Å². The monoisotopic (exact) mass is 248 g/mol. The van der Waals surface area contributed by atoms with E-state index in [4.69, 9.17) is 10.5 Å². The van der Waals surface area contributed by atoms with Gasteiger partial charge >= 0.3 is 0 Å². The van der Waals surface area contributed by atoms with Crippen molar-refractivity contribution in [1.29, 1.82) is 0 Å². The van der Waals surface area contributed by atoms with E-state index in [1.807, 2.05) is 23.1 Å². The Bertz CT molecular complexity index is 445. The number of anilines is 1. The zero-order valence-corrected chi connectivity index (χ0v) is 11.0. The highest BCUT2D eigenvalue weighted by atomic mass is 16.5. The van der Waals surface area contributed by atoms with Crippen LogP contribution in [0.4, 0.5) is 5.69 Å². The molecule has 1 fully saturated rings. The van der Waals surface area contributed by atoms with Crippen LogP contribution < -0.4 is 10.5 Å². The first-order chi connectivity index (χ1) is 8.61. The number of likely N-dealkylation sites (tertiary alicyclic amines) is 1. The number of amides is 1. The molecule has 1 heterocycles. The van der Waals surface area contributed by atoms with E-state index in [0.29, 0.717) is 17.4 Å². The average molecular weight is 248 g/mol. The fourth-order valence-electron chi connectivity index (χ4n) is 2.52. The van der Waals surface area contributed by atoms with Crippen LogP contribution in [0.5, 0.6) is 5.75 Å². The Kier molecular flexibility index (Phi) is 3.75. The number of methoxy groups -OCH3 is 1. The van der Waals surface area contributed by atoms with E-state index < -0.39 is 0 Å². The Balaban J connectivity index is 2.18. The van der Waals surface area contributed by atoms with Crippen LogP contribution in [0.1, 0.15) is 31.2 Å².